The van der Waals surface area contributed by atoms with Crippen molar-refractivity contribution in [3.63, 3.8) is 0 Å². The van der Waals surface area contributed by atoms with E-state index >= 15 is 0 Å². The van der Waals surface area contributed by atoms with Gasteiger partial charge in [-0.3, -0.25) is 38.4 Å². The quantitative estimate of drug-likeness (QED) is 0.0564. The summed E-state index contributed by atoms with van der Waals surface area (Å²) in [7, 11) is -0.846. The summed E-state index contributed by atoms with van der Waals surface area (Å²) in [5.41, 5.74) is 0.938. The molecule has 0 aromatic heterocycles. The number of benzene rings is 2. The number of ether oxygens (including phenoxy) is 4. The number of Topliss-reactive ketones (excluding diaryl/α,β-unsaturated/α-hetero) is 2. The fraction of sp³-hybridized carbons (Fsp3) is 0.753. The lowest BCUT2D eigenvalue weighted by atomic mass is 9.33. The molecule has 0 saturated heterocycles. The van der Waals surface area contributed by atoms with Crippen molar-refractivity contribution in [3.05, 3.63) is 92.0 Å². The Bertz CT molecular complexity index is 4250. The normalized spacial score (nSPS) is 34.7. The van der Waals surface area contributed by atoms with Crippen LogP contribution < -0.4 is 0 Å². The lowest BCUT2D eigenvalue weighted by Gasteiger charge is -2.72. The number of halogens is 2. The molecular formula is C97H143BCl2N2O15. The Morgan fingerprint density at radius 3 is 1.37 bits per heavy atom. The van der Waals surface area contributed by atoms with Gasteiger partial charge in [0.05, 0.1) is 29.8 Å². The van der Waals surface area contributed by atoms with Gasteiger partial charge in [0.2, 0.25) is 5.91 Å². The van der Waals surface area contributed by atoms with Gasteiger partial charge < -0.3 is 43.9 Å². The fourth-order valence-electron chi connectivity index (χ4n) is 27.7. The lowest BCUT2D eigenvalue weighted by Crippen LogP contribution is -2.66. The summed E-state index contributed by atoms with van der Waals surface area (Å²) in [4.78, 5) is 110. The van der Waals surface area contributed by atoms with Crippen LogP contribution in [0.5, 0.6) is 0 Å². The summed E-state index contributed by atoms with van der Waals surface area (Å²) in [6, 6.07) is 15.1. The molecule has 0 aliphatic heterocycles. The number of carboxylic acid groups (broad SMARTS) is 1. The number of hydrogen-bond donors (Lipinski definition) is 3. The molecule has 1 amide bonds. The van der Waals surface area contributed by atoms with E-state index in [2.05, 4.69) is 96.9 Å². The molecule has 8 fully saturated rings. The second-order valence-corrected chi connectivity index (χ2v) is 44.9. The van der Waals surface area contributed by atoms with E-state index < -0.39 is 64.4 Å². The zero-order valence-electron chi connectivity index (χ0n) is 75.5. The maximum Gasteiger partial charge on any atom is 0.376 e. The number of aliphatic hydroxyl groups excluding tert-OH is 1. The van der Waals surface area contributed by atoms with E-state index in [-0.39, 0.29) is 135 Å². The number of amides is 1. The fourth-order valence-corrected chi connectivity index (χ4v) is 28.1. The van der Waals surface area contributed by atoms with E-state index in [1.54, 1.807) is 39.4 Å². The average molecular weight is 1660 g/mol. The molecule has 0 spiro atoms. The van der Waals surface area contributed by atoms with Crippen LogP contribution in [0.25, 0.3) is 0 Å². The number of esters is 4. The Morgan fingerprint density at radius 1 is 0.538 bits per heavy atom. The molecule has 2 aromatic rings. The Balaban J connectivity index is 0.000000231. The second kappa shape index (κ2) is 32.7. The highest BCUT2D eigenvalue weighted by atomic mass is 35.5. The van der Waals surface area contributed by atoms with Crippen molar-refractivity contribution in [2.45, 2.75) is 338 Å². The van der Waals surface area contributed by atoms with E-state index in [1.165, 1.54) is 25.0 Å². The Morgan fingerprint density at radius 2 is 0.957 bits per heavy atom. The van der Waals surface area contributed by atoms with E-state index in [4.69, 9.17) is 42.1 Å². The van der Waals surface area contributed by atoms with Crippen LogP contribution in [0.2, 0.25) is 16.9 Å². The van der Waals surface area contributed by atoms with Crippen LogP contribution >= 0.6 is 23.2 Å². The lowest BCUT2D eigenvalue weighted by molar-refractivity contribution is -0.235. The van der Waals surface area contributed by atoms with Crippen molar-refractivity contribution in [2.75, 3.05) is 13.1 Å². The van der Waals surface area contributed by atoms with E-state index in [1.807, 2.05) is 74.1 Å². The van der Waals surface area contributed by atoms with Crippen LogP contribution in [0.1, 0.15) is 299 Å². The summed E-state index contributed by atoms with van der Waals surface area (Å²) in [5, 5.41) is 34.5. The molecule has 8 saturated carbocycles. The Hall–Kier alpha value is -5.40. The highest BCUT2D eigenvalue weighted by molar-refractivity contribution is 6.45. The van der Waals surface area contributed by atoms with Gasteiger partial charge in [0.1, 0.15) is 23.9 Å². The largest absolute Gasteiger partial charge is 0.481 e. The summed E-state index contributed by atoms with van der Waals surface area (Å²) < 4.78 is 24.6. The predicted molar refractivity (Wildman–Crippen MR) is 459 cm³/mol. The van der Waals surface area contributed by atoms with E-state index in [0.717, 1.165) is 119 Å². The second-order valence-electron chi connectivity index (χ2n) is 44.1. The van der Waals surface area contributed by atoms with Crippen LogP contribution in [0.4, 0.5) is 0 Å². The molecule has 12 rings (SSSR count). The molecule has 0 bridgehead atoms. The molecule has 18 atom stereocenters. The molecule has 0 heterocycles. The van der Waals surface area contributed by atoms with Gasteiger partial charge in [0.15, 0.2) is 11.6 Å². The van der Waals surface area contributed by atoms with Crippen LogP contribution in [0, 0.1) is 112 Å². The summed E-state index contributed by atoms with van der Waals surface area (Å²) in [5.74, 6) is -0.539. The number of rotatable bonds is 22. The first-order valence-corrected chi connectivity index (χ1v) is 45.2. The number of aliphatic hydroxyl groups is 1. The summed E-state index contributed by atoms with van der Waals surface area (Å²) in [6.07, 6.45) is 13.0. The molecule has 20 heteroatoms. The van der Waals surface area contributed by atoms with Crippen LogP contribution in [0.3, 0.4) is 0 Å². The standard InChI is InChI=1S/C51H77BClNO8.C46H66ClNO7/c1-31(2)42-36(56)27-51(40(60-32(3)55)30-54(52(14)59)29-33-17-15-16-18-35(33)53)26-25-49(12)34(43(42)51)19-20-38-48(11)23-22-39(47(9,10)37(48)21-24-50(38,49)13)61-41(57)28-46(7,8)44(58)62-45(4,5)6;1-27(2)38-32(50)23-46(35(51)26-48(28(3)49)25-29-13-11-12-14-31(29)47)22-21-44(9)30(39(38)46)15-16-34-43(8)19-18-36(55-37(52)24-41(4,5)40(53)54)42(6,7)33(43)17-20-45(34,44)10/h15-18,31,34,37-40,59H,19-30H2,1-14H3;11-14,27,30,33-36,51H,15-26H2,1-10H3,(H,53,54)/t34-,37+,38-,39+,40-,48+,49-,50-,51+;30-,33+,34-,35-,36+,43+,44-,45-,46+/m11/s1. The van der Waals surface area contributed by atoms with Gasteiger partial charge >= 0.3 is 36.9 Å². The van der Waals surface area contributed by atoms with Crippen LogP contribution in [0.15, 0.2) is 70.8 Å². The molecular weight excluding hydrogens is 1510 g/mol. The molecule has 3 N–H and O–H groups in total. The number of carbonyl (C=O) groups is 8. The zero-order chi connectivity index (χ0) is 86.9. The molecule has 10 aliphatic carbocycles. The highest BCUT2D eigenvalue weighted by Crippen LogP contribution is 2.80. The molecule has 0 unspecified atom stereocenters. The minimum Gasteiger partial charge on any atom is -0.481 e. The smallest absolute Gasteiger partial charge is 0.376 e. The third-order valence-electron chi connectivity index (χ3n) is 34.1. The maximum absolute atomic E-state index is 14.5. The predicted octanol–water partition coefficient (Wildman–Crippen LogP) is 20.3. The number of ketones is 2. The average Bonchev–Trinajstić information content (AvgIpc) is 1.66. The van der Waals surface area contributed by atoms with Gasteiger partial charge in [0.25, 0.3) is 0 Å². The van der Waals surface area contributed by atoms with Gasteiger partial charge in [-0.1, -0.05) is 162 Å². The van der Waals surface area contributed by atoms with Crippen molar-refractivity contribution in [1.29, 1.82) is 0 Å². The minimum absolute atomic E-state index is 0.00914. The zero-order valence-corrected chi connectivity index (χ0v) is 77.0. The van der Waals surface area contributed by atoms with Crippen molar-refractivity contribution < 1.29 is 72.5 Å². The minimum atomic E-state index is -1.18. The molecule has 0 radical (unpaired) electrons. The molecule has 17 nitrogen and oxygen atoms in total. The number of aliphatic carboxylic acids is 1. The maximum atomic E-state index is 14.5. The van der Waals surface area contributed by atoms with Crippen LogP contribution in [-0.2, 0) is 70.4 Å². The van der Waals surface area contributed by atoms with Gasteiger partial charge in [-0.05, 0) is 278 Å². The number of carboxylic acids is 1. The third-order valence-corrected chi connectivity index (χ3v) is 34.8. The molecule has 648 valence electrons. The summed E-state index contributed by atoms with van der Waals surface area (Å²) in [6.45, 7) is 50.6. The molecule has 10 aliphatic rings. The van der Waals surface area contributed by atoms with Gasteiger partial charge in [0, 0.05) is 84.6 Å². The van der Waals surface area contributed by atoms with E-state index in [9.17, 15) is 53.6 Å². The van der Waals surface area contributed by atoms with Gasteiger partial charge in [-0.25, -0.2) is 0 Å². The monoisotopic (exact) mass is 1660 g/mol. The molecule has 2 aromatic carbocycles. The number of carbonyl (C=O) groups excluding carboxylic acids is 7. The van der Waals surface area contributed by atoms with Gasteiger partial charge in [-0.15, -0.1) is 0 Å². The van der Waals surface area contributed by atoms with Crippen LogP contribution in [-0.4, -0.2) is 122 Å². The first-order chi connectivity index (χ1) is 54.0. The third kappa shape index (κ3) is 16.2. The van der Waals surface area contributed by atoms with Crippen molar-refractivity contribution in [3.8, 4) is 0 Å². The molecule has 117 heavy (non-hydrogen) atoms. The Kier molecular flexibility index (Phi) is 25.8. The van der Waals surface area contributed by atoms with Gasteiger partial charge in [-0.2, -0.15) is 0 Å². The highest BCUT2D eigenvalue weighted by Gasteiger charge is 2.74. The summed E-state index contributed by atoms with van der Waals surface area (Å²) >= 11 is 13.1. The van der Waals surface area contributed by atoms with Crippen molar-refractivity contribution in [2.24, 2.45) is 112 Å². The SMILES string of the molecule is CB(O)N(Cc1ccccc1Cl)C[C@@H](OC(C)=O)[C@@]12CC[C@]3(C)[C@H](CC[C@@H]4[C@@]5(C)CC[C@H](OC(=O)CC(C)(C)C(=O)OC(C)(C)C)C(C)(C)[C@@H]5CC[C@]43C)C1=C(C(C)C)C(=O)C2.CC(=O)N(Cc1ccccc1Cl)C[C@@H](O)[C@@]12CC[C@]3(C)[C@H](CC[C@@H]4[C@@]5(C)CC[C@H](OC(=O)CC(C)(C)C(=O)O)C(C)(C)[C@@H]5CC[C@]43C)C1=C(C(C)C)C(=O)C2. The number of allylic oxidation sites excluding steroid dienone is 2. The first-order valence-electron chi connectivity index (χ1n) is 44.4. The van der Waals surface area contributed by atoms with Crippen molar-refractivity contribution >= 4 is 77.6 Å². The Labute approximate surface area is 710 Å². The van der Waals surface area contributed by atoms with E-state index in [0.29, 0.717) is 66.1 Å². The van der Waals surface area contributed by atoms with Crippen molar-refractivity contribution in [1.82, 2.24) is 9.71 Å². The first kappa shape index (κ1) is 92.3. The number of hydrogen-bond acceptors (Lipinski definition) is 15. The number of nitrogens with zero attached hydrogens (tertiary/aromatic N) is 2. The topological polar surface area (TPSA) is 241 Å². The number of fused-ring (bicyclic) bond motifs is 14.